The van der Waals surface area contributed by atoms with Gasteiger partial charge in [-0.3, -0.25) is 4.79 Å². The van der Waals surface area contributed by atoms with Crippen molar-refractivity contribution in [2.24, 2.45) is 11.1 Å². The van der Waals surface area contributed by atoms with Crippen molar-refractivity contribution in [3.05, 3.63) is 28.2 Å². The molecule has 1 saturated carbocycles. The molecular formula is C12H15BrN2O3S. The number of carbonyl (C=O) groups excluding carboxylic acids is 1. The van der Waals surface area contributed by atoms with E-state index in [1.807, 2.05) is 0 Å². The summed E-state index contributed by atoms with van der Waals surface area (Å²) in [5, 5.41) is 5.09. The maximum Gasteiger partial charge on any atom is 0.253 e. The van der Waals surface area contributed by atoms with Crippen LogP contribution in [0.3, 0.4) is 0 Å². The second kappa shape index (κ2) is 5.22. The number of benzene rings is 1. The molecule has 0 unspecified atom stereocenters. The Morgan fingerprint density at radius 2 is 2.05 bits per heavy atom. The standard InChI is InChI=1S/C12H15BrN2O3S/c1-15(7-8-2-3-8)12(16)9-4-10(13)6-11(5-9)19(14,17)18/h4-6,8H,2-3,7H2,1H3,(H2,14,17,18). The number of rotatable bonds is 4. The van der Waals surface area contributed by atoms with Crippen LogP contribution in [0, 0.1) is 5.92 Å². The molecule has 0 bridgehead atoms. The number of sulfonamides is 1. The Hall–Kier alpha value is -0.920. The Bertz CT molecular complexity index is 611. The summed E-state index contributed by atoms with van der Waals surface area (Å²) < 4.78 is 23.2. The lowest BCUT2D eigenvalue weighted by Crippen LogP contribution is -2.29. The maximum absolute atomic E-state index is 12.2. The van der Waals surface area contributed by atoms with E-state index in [1.54, 1.807) is 18.0 Å². The number of amides is 1. The SMILES string of the molecule is CN(CC1CC1)C(=O)c1cc(Br)cc(S(N)(=O)=O)c1. The largest absolute Gasteiger partial charge is 0.341 e. The lowest BCUT2D eigenvalue weighted by atomic mass is 10.2. The molecular weight excluding hydrogens is 332 g/mol. The maximum atomic E-state index is 12.2. The fourth-order valence-corrected chi connectivity index (χ4v) is 3.07. The van der Waals surface area contributed by atoms with E-state index >= 15 is 0 Å². The van der Waals surface area contributed by atoms with Crippen LogP contribution in [-0.4, -0.2) is 32.8 Å². The Balaban J connectivity index is 2.28. The van der Waals surface area contributed by atoms with Crippen LogP contribution in [0.2, 0.25) is 0 Å². The second-order valence-corrected chi connectivity index (χ2v) is 7.33. The van der Waals surface area contributed by atoms with Crippen molar-refractivity contribution in [2.45, 2.75) is 17.7 Å². The van der Waals surface area contributed by atoms with Crippen molar-refractivity contribution in [1.29, 1.82) is 0 Å². The summed E-state index contributed by atoms with van der Waals surface area (Å²) in [5.41, 5.74) is 0.321. The fourth-order valence-electron chi connectivity index (χ4n) is 1.84. The van der Waals surface area contributed by atoms with Crippen molar-refractivity contribution in [3.8, 4) is 0 Å². The van der Waals surface area contributed by atoms with Gasteiger partial charge in [0, 0.05) is 23.6 Å². The number of nitrogens with zero attached hydrogens (tertiary/aromatic N) is 1. The van der Waals surface area contributed by atoms with Gasteiger partial charge in [0.05, 0.1) is 4.90 Å². The van der Waals surface area contributed by atoms with Crippen molar-refractivity contribution in [3.63, 3.8) is 0 Å². The Kier molecular flexibility index (Phi) is 3.98. The molecule has 2 rings (SSSR count). The minimum absolute atomic E-state index is 0.0648. The molecule has 1 fully saturated rings. The predicted molar refractivity (Wildman–Crippen MR) is 75.2 cm³/mol. The zero-order valence-corrected chi connectivity index (χ0v) is 12.9. The van der Waals surface area contributed by atoms with E-state index in [0.717, 1.165) is 12.8 Å². The molecule has 0 aliphatic heterocycles. The molecule has 7 heteroatoms. The highest BCUT2D eigenvalue weighted by molar-refractivity contribution is 9.10. The van der Waals surface area contributed by atoms with Gasteiger partial charge < -0.3 is 4.90 Å². The molecule has 0 heterocycles. The predicted octanol–water partition coefficient (Wildman–Crippen LogP) is 1.58. The minimum atomic E-state index is -3.82. The summed E-state index contributed by atoms with van der Waals surface area (Å²) in [6.45, 7) is 0.704. The number of carbonyl (C=O) groups is 1. The van der Waals surface area contributed by atoms with E-state index in [0.29, 0.717) is 22.5 Å². The van der Waals surface area contributed by atoms with Gasteiger partial charge in [0.2, 0.25) is 10.0 Å². The van der Waals surface area contributed by atoms with Crippen LogP contribution in [0.5, 0.6) is 0 Å². The molecule has 1 aliphatic carbocycles. The quantitative estimate of drug-likeness (QED) is 0.898. The van der Waals surface area contributed by atoms with Gasteiger partial charge >= 0.3 is 0 Å². The van der Waals surface area contributed by atoms with Gasteiger partial charge in [-0.05, 0) is 37.0 Å². The summed E-state index contributed by atoms with van der Waals surface area (Å²) in [6, 6.07) is 4.29. The van der Waals surface area contributed by atoms with E-state index < -0.39 is 10.0 Å². The van der Waals surface area contributed by atoms with Crippen LogP contribution in [0.25, 0.3) is 0 Å². The molecule has 19 heavy (non-hydrogen) atoms. The summed E-state index contributed by atoms with van der Waals surface area (Å²) in [5.74, 6) is 0.386. The van der Waals surface area contributed by atoms with Crippen LogP contribution < -0.4 is 5.14 Å². The third-order valence-electron chi connectivity index (χ3n) is 3.02. The van der Waals surface area contributed by atoms with Crippen molar-refractivity contribution < 1.29 is 13.2 Å². The van der Waals surface area contributed by atoms with Crippen LogP contribution in [0.1, 0.15) is 23.2 Å². The molecule has 1 aromatic rings. The van der Waals surface area contributed by atoms with Gasteiger partial charge in [-0.15, -0.1) is 0 Å². The summed E-state index contributed by atoms with van der Waals surface area (Å²) in [6.07, 6.45) is 2.30. The van der Waals surface area contributed by atoms with Gasteiger partial charge in [0.25, 0.3) is 5.91 Å². The third-order valence-corrected chi connectivity index (χ3v) is 4.37. The molecule has 0 radical (unpaired) electrons. The summed E-state index contributed by atoms with van der Waals surface area (Å²) >= 11 is 3.20. The van der Waals surface area contributed by atoms with Gasteiger partial charge in [-0.25, -0.2) is 13.6 Å². The number of halogens is 1. The topological polar surface area (TPSA) is 80.5 Å². The normalized spacial score (nSPS) is 15.3. The average Bonchev–Trinajstić information content (AvgIpc) is 3.09. The van der Waals surface area contributed by atoms with Gasteiger partial charge in [-0.2, -0.15) is 0 Å². The zero-order chi connectivity index (χ0) is 14.2. The lowest BCUT2D eigenvalue weighted by Gasteiger charge is -2.17. The third kappa shape index (κ3) is 3.77. The van der Waals surface area contributed by atoms with Crippen molar-refractivity contribution in [2.75, 3.05) is 13.6 Å². The van der Waals surface area contributed by atoms with E-state index in [-0.39, 0.29) is 10.8 Å². The molecule has 1 amide bonds. The second-order valence-electron chi connectivity index (χ2n) is 4.85. The van der Waals surface area contributed by atoms with Crippen molar-refractivity contribution in [1.82, 2.24) is 4.90 Å². The van der Waals surface area contributed by atoms with E-state index in [4.69, 9.17) is 5.14 Å². The number of primary sulfonamides is 1. The molecule has 0 atom stereocenters. The van der Waals surface area contributed by atoms with Gasteiger partial charge in [-0.1, -0.05) is 15.9 Å². The Morgan fingerprint density at radius 3 is 2.58 bits per heavy atom. The van der Waals surface area contributed by atoms with Gasteiger partial charge in [0.1, 0.15) is 0 Å². The average molecular weight is 347 g/mol. The Morgan fingerprint density at radius 1 is 1.42 bits per heavy atom. The fraction of sp³-hybridized carbons (Fsp3) is 0.417. The zero-order valence-electron chi connectivity index (χ0n) is 10.5. The van der Waals surface area contributed by atoms with E-state index in [9.17, 15) is 13.2 Å². The molecule has 104 valence electrons. The minimum Gasteiger partial charge on any atom is -0.341 e. The molecule has 1 aliphatic rings. The lowest BCUT2D eigenvalue weighted by molar-refractivity contribution is 0.0788. The first-order chi connectivity index (χ1) is 8.77. The number of hydrogen-bond donors (Lipinski definition) is 1. The van der Waals surface area contributed by atoms with Crippen LogP contribution in [0.4, 0.5) is 0 Å². The monoisotopic (exact) mass is 346 g/mol. The first-order valence-electron chi connectivity index (χ1n) is 5.86. The molecule has 2 N–H and O–H groups in total. The molecule has 5 nitrogen and oxygen atoms in total. The summed E-state index contributed by atoms with van der Waals surface area (Å²) in [7, 11) is -2.10. The smallest absolute Gasteiger partial charge is 0.253 e. The molecule has 0 spiro atoms. The molecule has 0 aromatic heterocycles. The highest BCUT2D eigenvalue weighted by Crippen LogP contribution is 2.30. The highest BCUT2D eigenvalue weighted by atomic mass is 79.9. The van der Waals surface area contributed by atoms with Crippen LogP contribution >= 0.6 is 15.9 Å². The molecule has 0 saturated heterocycles. The Labute approximate surface area is 121 Å². The first kappa shape index (κ1) is 14.5. The number of nitrogens with two attached hydrogens (primary N) is 1. The van der Waals surface area contributed by atoms with Crippen LogP contribution in [0.15, 0.2) is 27.6 Å². The first-order valence-corrected chi connectivity index (χ1v) is 8.20. The number of hydrogen-bond acceptors (Lipinski definition) is 3. The molecule has 1 aromatic carbocycles. The van der Waals surface area contributed by atoms with E-state index in [1.165, 1.54) is 12.1 Å². The van der Waals surface area contributed by atoms with Crippen molar-refractivity contribution >= 4 is 31.9 Å². The summed E-state index contributed by atoms with van der Waals surface area (Å²) in [4.78, 5) is 13.8. The van der Waals surface area contributed by atoms with Crippen LogP contribution in [-0.2, 0) is 10.0 Å². The van der Waals surface area contributed by atoms with Gasteiger partial charge in [0.15, 0.2) is 0 Å². The van der Waals surface area contributed by atoms with E-state index in [2.05, 4.69) is 15.9 Å². The highest BCUT2D eigenvalue weighted by Gasteiger charge is 2.25.